The summed E-state index contributed by atoms with van der Waals surface area (Å²) in [5, 5.41) is 0. The van der Waals surface area contributed by atoms with E-state index in [4.69, 9.17) is 0 Å². The van der Waals surface area contributed by atoms with E-state index in [2.05, 4.69) is 49.2 Å². The molecule has 3 aromatic heterocycles. The van der Waals surface area contributed by atoms with E-state index in [1.165, 1.54) is 43.2 Å². The summed E-state index contributed by atoms with van der Waals surface area (Å²) >= 11 is 0. The van der Waals surface area contributed by atoms with E-state index < -0.39 is 5.82 Å². The van der Waals surface area contributed by atoms with Gasteiger partial charge >= 0.3 is 0 Å². The van der Waals surface area contributed by atoms with Crippen LogP contribution in [0.5, 0.6) is 0 Å². The van der Waals surface area contributed by atoms with Crippen LogP contribution in [0.2, 0.25) is 0 Å². The van der Waals surface area contributed by atoms with Crippen molar-refractivity contribution in [3.05, 3.63) is 65.9 Å². The Bertz CT molecular complexity index is 1220. The minimum absolute atomic E-state index is 0.141. The molecule has 0 aliphatic heterocycles. The summed E-state index contributed by atoms with van der Waals surface area (Å²) in [6, 6.07) is 5.19. The lowest BCUT2D eigenvalue weighted by Gasteiger charge is -2.25. The average Bonchev–Trinajstić information content (AvgIpc) is 3.22. The Kier molecular flexibility index (Phi) is 11.6. The fraction of sp³-hybridized carbons (Fsp3) is 0.483. The number of nitrogens with zero attached hydrogens (tertiary/aromatic N) is 5. The third-order valence-corrected chi connectivity index (χ3v) is 5.60. The van der Waals surface area contributed by atoms with Crippen LogP contribution in [0.4, 0.5) is 10.1 Å². The Balaban J connectivity index is 0.00000145. The normalized spacial score (nSPS) is 11.4. The van der Waals surface area contributed by atoms with Crippen molar-refractivity contribution in [1.29, 1.82) is 0 Å². The predicted octanol–water partition coefficient (Wildman–Crippen LogP) is 7.03. The first-order valence-corrected chi connectivity index (χ1v) is 13.1. The van der Waals surface area contributed by atoms with Gasteiger partial charge in [0.05, 0.1) is 17.1 Å². The van der Waals surface area contributed by atoms with E-state index in [0.29, 0.717) is 16.7 Å². The van der Waals surface area contributed by atoms with E-state index in [1.54, 1.807) is 16.8 Å². The van der Waals surface area contributed by atoms with Crippen molar-refractivity contribution in [2.75, 3.05) is 18.0 Å². The molecule has 0 radical (unpaired) electrons. The molecule has 0 atom stereocenters. The van der Waals surface area contributed by atoms with Crippen LogP contribution < -0.4 is 10.4 Å². The molecule has 36 heavy (non-hydrogen) atoms. The second-order valence-electron chi connectivity index (χ2n) is 9.14. The first kappa shape index (κ1) is 29.0. The summed E-state index contributed by atoms with van der Waals surface area (Å²) in [6.07, 6.45) is 12.4. The predicted molar refractivity (Wildman–Crippen MR) is 148 cm³/mol. The maximum Gasteiger partial charge on any atom is 0.229 e. The first-order valence-electron chi connectivity index (χ1n) is 13.1. The van der Waals surface area contributed by atoms with Crippen molar-refractivity contribution in [1.82, 2.24) is 14.0 Å². The third-order valence-electron chi connectivity index (χ3n) is 5.60. The van der Waals surface area contributed by atoms with Crippen LogP contribution in [0, 0.1) is 12.7 Å². The monoisotopic (exact) mass is 495 g/mol. The second-order valence-corrected chi connectivity index (χ2v) is 9.14. The summed E-state index contributed by atoms with van der Waals surface area (Å²) in [6.45, 7) is 17.8. The number of anilines is 1. The van der Waals surface area contributed by atoms with Crippen LogP contribution in [0.25, 0.3) is 11.3 Å². The van der Waals surface area contributed by atoms with Gasteiger partial charge in [0.2, 0.25) is 5.91 Å². The highest BCUT2D eigenvalue weighted by molar-refractivity contribution is 5.77. The van der Waals surface area contributed by atoms with E-state index in [9.17, 15) is 9.18 Å². The van der Waals surface area contributed by atoms with Gasteiger partial charge in [0.1, 0.15) is 5.49 Å². The fourth-order valence-corrected chi connectivity index (χ4v) is 3.92. The minimum atomic E-state index is -0.440. The zero-order valence-electron chi connectivity index (χ0n) is 22.9. The van der Waals surface area contributed by atoms with Crippen LogP contribution in [0.1, 0.15) is 89.2 Å². The van der Waals surface area contributed by atoms with Gasteiger partial charge in [0.25, 0.3) is 0 Å². The standard InChI is InChI=1S/C26H34FN5O.C3H8/c1-6-8-9-10-14-30(13-7-2)23-11-12-25(32(18-23)21(5)33)29-20(4)22-15-24(27)26-28-19(3)16-31(26)17-22;1-3-2/h11-12,15-18H,4,6-10,13-14H2,1-3,5H3;3H2,1-2H3. The quantitative estimate of drug-likeness (QED) is 0.284. The number of carbonyl (C=O) groups excluding carboxylic acids is 1. The maximum atomic E-state index is 14.5. The zero-order valence-corrected chi connectivity index (χ0v) is 22.9. The number of pyridine rings is 2. The maximum absolute atomic E-state index is 14.5. The molecule has 0 aliphatic rings. The molecule has 0 aromatic carbocycles. The zero-order chi connectivity index (χ0) is 26.7. The van der Waals surface area contributed by atoms with Gasteiger partial charge in [0, 0.05) is 44.2 Å². The highest BCUT2D eigenvalue weighted by atomic mass is 19.1. The molecule has 0 unspecified atom stereocenters. The van der Waals surface area contributed by atoms with E-state index in [1.807, 2.05) is 25.3 Å². The Labute approximate surface area is 215 Å². The average molecular weight is 496 g/mol. The molecule has 196 valence electrons. The molecule has 0 saturated carbocycles. The van der Waals surface area contributed by atoms with Crippen molar-refractivity contribution in [3.8, 4) is 0 Å². The third kappa shape index (κ3) is 7.90. The highest BCUT2D eigenvalue weighted by Gasteiger charge is 2.11. The summed E-state index contributed by atoms with van der Waals surface area (Å²) in [5.74, 6) is -0.581. The molecule has 0 amide bonds. The van der Waals surface area contributed by atoms with Crippen LogP contribution in [-0.4, -0.2) is 32.9 Å². The number of unbranched alkanes of at least 4 members (excludes halogenated alkanes) is 3. The molecule has 0 aliphatic carbocycles. The van der Waals surface area contributed by atoms with E-state index in [-0.39, 0.29) is 11.6 Å². The van der Waals surface area contributed by atoms with Crippen molar-refractivity contribution >= 4 is 22.9 Å². The number of halogens is 1. The molecule has 0 bridgehead atoms. The Morgan fingerprint density at radius 1 is 1.06 bits per heavy atom. The molecular formula is C29H42FN5O. The summed E-state index contributed by atoms with van der Waals surface area (Å²) in [4.78, 5) is 23.5. The van der Waals surface area contributed by atoms with Gasteiger partial charge < -0.3 is 9.30 Å². The molecule has 3 aromatic rings. The molecule has 6 nitrogen and oxygen atoms in total. The largest absolute Gasteiger partial charge is 0.370 e. The molecule has 3 heterocycles. The van der Waals surface area contributed by atoms with Crippen molar-refractivity contribution < 1.29 is 9.18 Å². The minimum Gasteiger partial charge on any atom is -0.370 e. The number of rotatable bonds is 10. The van der Waals surface area contributed by atoms with Crippen LogP contribution in [0.15, 0.2) is 48.4 Å². The fourth-order valence-electron chi connectivity index (χ4n) is 3.92. The van der Waals surface area contributed by atoms with Gasteiger partial charge in [-0.3, -0.25) is 9.36 Å². The number of carbonyl (C=O) groups is 1. The van der Waals surface area contributed by atoms with Crippen LogP contribution >= 0.6 is 0 Å². The topological polar surface area (TPSA) is 54.9 Å². The van der Waals surface area contributed by atoms with Gasteiger partial charge in [-0.2, -0.15) is 0 Å². The lowest BCUT2D eigenvalue weighted by molar-refractivity contribution is 0.0931. The molecular weight excluding hydrogens is 453 g/mol. The van der Waals surface area contributed by atoms with Crippen molar-refractivity contribution in [2.24, 2.45) is 4.99 Å². The van der Waals surface area contributed by atoms with Gasteiger partial charge in [-0.15, -0.1) is 0 Å². The summed E-state index contributed by atoms with van der Waals surface area (Å²) in [7, 11) is 0. The van der Waals surface area contributed by atoms with E-state index >= 15 is 0 Å². The van der Waals surface area contributed by atoms with Crippen LogP contribution in [-0.2, 0) is 0 Å². The second kappa shape index (κ2) is 14.4. The van der Waals surface area contributed by atoms with Crippen molar-refractivity contribution in [2.45, 2.75) is 80.1 Å². The number of fused-ring (bicyclic) bond motifs is 1. The van der Waals surface area contributed by atoms with Gasteiger partial charge in [-0.05, 0) is 38.0 Å². The summed E-state index contributed by atoms with van der Waals surface area (Å²) < 4.78 is 17.7. The first-order chi connectivity index (χ1) is 17.2. The molecule has 0 spiro atoms. The highest BCUT2D eigenvalue weighted by Crippen LogP contribution is 2.19. The number of aryl methyl sites for hydroxylation is 1. The van der Waals surface area contributed by atoms with E-state index in [0.717, 1.165) is 37.3 Å². The number of hydrogen-bond donors (Lipinski definition) is 0. The SMILES string of the molecule is C=C(N=c1ccc(N(CCC)CCCCCC)cn1C(C)=O)c1cc(F)c2nc(C)cn2c1.CCC. The van der Waals surface area contributed by atoms with Gasteiger partial charge in [-0.1, -0.05) is 60.0 Å². The molecule has 7 heteroatoms. The number of aromatic nitrogens is 3. The molecule has 0 N–H and O–H groups in total. The lowest BCUT2D eigenvalue weighted by atomic mass is 10.2. The van der Waals surface area contributed by atoms with Crippen molar-refractivity contribution in [3.63, 3.8) is 0 Å². The Morgan fingerprint density at radius 3 is 2.42 bits per heavy atom. The van der Waals surface area contributed by atoms with Gasteiger partial charge in [0.15, 0.2) is 11.5 Å². The smallest absolute Gasteiger partial charge is 0.229 e. The van der Waals surface area contributed by atoms with Gasteiger partial charge in [-0.25, -0.2) is 14.4 Å². The number of hydrogen-bond acceptors (Lipinski definition) is 4. The molecule has 3 rings (SSSR count). The Hall–Kier alpha value is -3.22. The lowest BCUT2D eigenvalue weighted by Crippen LogP contribution is -2.30. The summed E-state index contributed by atoms with van der Waals surface area (Å²) in [5.41, 5.74) is 3.34. The number of imidazole rings is 1. The van der Waals surface area contributed by atoms with Crippen LogP contribution in [0.3, 0.4) is 0 Å². The Morgan fingerprint density at radius 2 is 1.78 bits per heavy atom. The molecule has 0 fully saturated rings. The molecule has 0 saturated heterocycles.